The van der Waals surface area contributed by atoms with E-state index in [0.29, 0.717) is 12.5 Å². The van der Waals surface area contributed by atoms with Gasteiger partial charge in [-0.1, -0.05) is 50.3 Å². The predicted molar refractivity (Wildman–Crippen MR) is 96.6 cm³/mol. The summed E-state index contributed by atoms with van der Waals surface area (Å²) in [4.78, 5) is 16.0. The Morgan fingerprint density at radius 2 is 1.88 bits per heavy atom. The Hall–Kier alpha value is -2.36. The topological polar surface area (TPSA) is 59.4 Å². The van der Waals surface area contributed by atoms with Crippen molar-refractivity contribution in [2.24, 2.45) is 5.92 Å². The third-order valence-electron chi connectivity index (χ3n) is 4.99. The number of pyridine rings is 1. The van der Waals surface area contributed by atoms with E-state index in [-0.39, 0.29) is 0 Å². The maximum atomic E-state index is 11.7. The van der Waals surface area contributed by atoms with Crippen molar-refractivity contribution in [2.75, 3.05) is 0 Å². The molecule has 2 aromatic rings. The standard InChI is InChI=1S/C21H25NO3/c23-21(24)20(14-16-6-2-1-3-7-16)17-9-11-19(12-10-17)25-15-18-8-4-5-13-22-18/h4-5,8-13,16,20H,1-3,6-7,14-15H2,(H,23,24). The molecule has 0 aliphatic heterocycles. The van der Waals surface area contributed by atoms with E-state index in [1.807, 2.05) is 42.5 Å². The van der Waals surface area contributed by atoms with Gasteiger partial charge in [0.2, 0.25) is 0 Å². The summed E-state index contributed by atoms with van der Waals surface area (Å²) in [5, 5.41) is 9.64. The number of carbonyl (C=O) groups is 1. The van der Waals surface area contributed by atoms with Gasteiger partial charge in [0.25, 0.3) is 0 Å². The van der Waals surface area contributed by atoms with E-state index in [1.165, 1.54) is 19.3 Å². The number of carboxylic acids is 1. The zero-order valence-electron chi connectivity index (χ0n) is 14.4. The van der Waals surface area contributed by atoms with Gasteiger partial charge in [-0.15, -0.1) is 0 Å². The van der Waals surface area contributed by atoms with E-state index >= 15 is 0 Å². The van der Waals surface area contributed by atoms with Crippen molar-refractivity contribution in [3.63, 3.8) is 0 Å². The molecule has 132 valence electrons. The van der Waals surface area contributed by atoms with E-state index < -0.39 is 11.9 Å². The van der Waals surface area contributed by atoms with Crippen molar-refractivity contribution in [1.82, 2.24) is 4.98 Å². The first kappa shape index (κ1) is 17.5. The van der Waals surface area contributed by atoms with E-state index in [2.05, 4.69) is 4.98 Å². The molecule has 0 saturated heterocycles. The van der Waals surface area contributed by atoms with E-state index in [0.717, 1.165) is 36.3 Å². The van der Waals surface area contributed by atoms with E-state index in [9.17, 15) is 9.90 Å². The van der Waals surface area contributed by atoms with Gasteiger partial charge in [0, 0.05) is 6.20 Å². The minimum atomic E-state index is -0.729. The second-order valence-electron chi connectivity index (χ2n) is 6.81. The lowest BCUT2D eigenvalue weighted by molar-refractivity contribution is -0.139. The molecular weight excluding hydrogens is 314 g/mol. The Bertz CT molecular complexity index is 663. The maximum absolute atomic E-state index is 11.7. The third kappa shape index (κ3) is 5.05. The molecule has 0 spiro atoms. The largest absolute Gasteiger partial charge is 0.487 e. The summed E-state index contributed by atoms with van der Waals surface area (Å²) in [5.41, 5.74) is 1.73. The van der Waals surface area contributed by atoms with Gasteiger partial charge in [-0.25, -0.2) is 0 Å². The number of aliphatic carboxylic acids is 1. The fourth-order valence-electron chi connectivity index (χ4n) is 3.57. The molecule has 0 amide bonds. The number of ether oxygens (including phenoxy) is 1. The fourth-order valence-corrected chi connectivity index (χ4v) is 3.57. The molecule has 1 aliphatic rings. The van der Waals surface area contributed by atoms with Crippen LogP contribution in [0.4, 0.5) is 0 Å². The molecule has 1 saturated carbocycles. The van der Waals surface area contributed by atoms with Crippen LogP contribution in [-0.4, -0.2) is 16.1 Å². The van der Waals surface area contributed by atoms with Gasteiger partial charge < -0.3 is 9.84 Å². The molecule has 1 fully saturated rings. The number of carboxylic acid groups (broad SMARTS) is 1. The molecule has 1 unspecified atom stereocenters. The average molecular weight is 339 g/mol. The summed E-state index contributed by atoms with van der Waals surface area (Å²) >= 11 is 0. The SMILES string of the molecule is O=C(O)C(CC1CCCCC1)c1ccc(OCc2ccccn2)cc1. The van der Waals surface area contributed by atoms with Gasteiger partial charge in [-0.3, -0.25) is 9.78 Å². The van der Waals surface area contributed by atoms with Gasteiger partial charge in [0.05, 0.1) is 11.6 Å². The normalized spacial score (nSPS) is 16.3. The summed E-state index contributed by atoms with van der Waals surface area (Å²) in [5.74, 6) is 0.117. The van der Waals surface area contributed by atoms with E-state index in [1.54, 1.807) is 6.20 Å². The van der Waals surface area contributed by atoms with Crippen LogP contribution in [0.1, 0.15) is 55.7 Å². The Morgan fingerprint density at radius 3 is 2.52 bits per heavy atom. The molecule has 0 radical (unpaired) electrons. The summed E-state index contributed by atoms with van der Waals surface area (Å²) in [6, 6.07) is 13.2. The third-order valence-corrected chi connectivity index (χ3v) is 4.99. The monoisotopic (exact) mass is 339 g/mol. The number of rotatable bonds is 7. The lowest BCUT2D eigenvalue weighted by Gasteiger charge is -2.24. The minimum Gasteiger partial charge on any atom is -0.487 e. The van der Waals surface area contributed by atoms with E-state index in [4.69, 9.17) is 4.74 Å². The zero-order valence-corrected chi connectivity index (χ0v) is 14.4. The second kappa shape index (κ2) is 8.65. The van der Waals surface area contributed by atoms with Crippen molar-refractivity contribution in [3.05, 3.63) is 59.9 Å². The van der Waals surface area contributed by atoms with Crippen molar-refractivity contribution in [1.29, 1.82) is 0 Å². The highest BCUT2D eigenvalue weighted by molar-refractivity contribution is 5.76. The van der Waals surface area contributed by atoms with Crippen molar-refractivity contribution in [2.45, 2.75) is 51.0 Å². The Labute approximate surface area is 148 Å². The average Bonchev–Trinajstić information content (AvgIpc) is 2.66. The number of nitrogens with zero attached hydrogens (tertiary/aromatic N) is 1. The Morgan fingerprint density at radius 1 is 1.12 bits per heavy atom. The fraction of sp³-hybridized carbons (Fsp3) is 0.429. The van der Waals surface area contributed by atoms with Gasteiger partial charge in [0.15, 0.2) is 0 Å². The highest BCUT2D eigenvalue weighted by Gasteiger charge is 2.25. The molecule has 0 bridgehead atoms. The summed E-state index contributed by atoms with van der Waals surface area (Å²) in [6.45, 7) is 0.407. The highest BCUT2D eigenvalue weighted by Crippen LogP contribution is 2.33. The lowest BCUT2D eigenvalue weighted by atomic mass is 9.80. The van der Waals surface area contributed by atoms with Crippen LogP contribution in [0, 0.1) is 5.92 Å². The molecule has 1 aliphatic carbocycles. The molecule has 1 heterocycles. The van der Waals surface area contributed by atoms with Gasteiger partial charge in [-0.05, 0) is 42.2 Å². The smallest absolute Gasteiger partial charge is 0.310 e. The van der Waals surface area contributed by atoms with Crippen LogP contribution >= 0.6 is 0 Å². The number of benzene rings is 1. The molecule has 1 aromatic carbocycles. The number of hydrogen-bond donors (Lipinski definition) is 1. The van der Waals surface area contributed by atoms with Crippen molar-refractivity contribution in [3.8, 4) is 5.75 Å². The first-order valence-corrected chi connectivity index (χ1v) is 9.08. The molecule has 25 heavy (non-hydrogen) atoms. The second-order valence-corrected chi connectivity index (χ2v) is 6.81. The van der Waals surface area contributed by atoms with Crippen LogP contribution < -0.4 is 4.74 Å². The molecule has 4 heteroatoms. The predicted octanol–water partition coefficient (Wildman–Crippen LogP) is 4.80. The summed E-state index contributed by atoms with van der Waals surface area (Å²) in [7, 11) is 0. The highest BCUT2D eigenvalue weighted by atomic mass is 16.5. The zero-order chi connectivity index (χ0) is 17.5. The molecule has 1 atom stereocenters. The summed E-state index contributed by atoms with van der Waals surface area (Å²) < 4.78 is 5.73. The van der Waals surface area contributed by atoms with Crippen LogP contribution in [0.15, 0.2) is 48.7 Å². The Kier molecular flexibility index (Phi) is 6.04. The van der Waals surface area contributed by atoms with Gasteiger partial charge >= 0.3 is 5.97 Å². The summed E-state index contributed by atoms with van der Waals surface area (Å²) in [6.07, 6.45) is 8.56. The van der Waals surface area contributed by atoms with Crippen molar-refractivity contribution < 1.29 is 14.6 Å². The van der Waals surface area contributed by atoms with Crippen LogP contribution in [-0.2, 0) is 11.4 Å². The maximum Gasteiger partial charge on any atom is 0.310 e. The van der Waals surface area contributed by atoms with Gasteiger partial charge in [-0.2, -0.15) is 0 Å². The molecular formula is C21H25NO3. The molecule has 1 aromatic heterocycles. The van der Waals surface area contributed by atoms with Gasteiger partial charge in [0.1, 0.15) is 12.4 Å². The molecule has 4 nitrogen and oxygen atoms in total. The number of hydrogen-bond acceptors (Lipinski definition) is 3. The first-order chi connectivity index (χ1) is 12.2. The number of aromatic nitrogens is 1. The Balaban J connectivity index is 1.61. The molecule has 3 rings (SSSR count). The van der Waals surface area contributed by atoms with Crippen LogP contribution in [0.5, 0.6) is 5.75 Å². The first-order valence-electron chi connectivity index (χ1n) is 9.08. The van der Waals surface area contributed by atoms with Crippen molar-refractivity contribution >= 4 is 5.97 Å². The van der Waals surface area contributed by atoms with Crippen LogP contribution in [0.25, 0.3) is 0 Å². The lowest BCUT2D eigenvalue weighted by Crippen LogP contribution is -2.18. The minimum absolute atomic E-state index is 0.407. The van der Waals surface area contributed by atoms with Crippen LogP contribution in [0.2, 0.25) is 0 Å². The quantitative estimate of drug-likeness (QED) is 0.787. The molecule has 1 N–H and O–H groups in total. The van der Waals surface area contributed by atoms with Crippen LogP contribution in [0.3, 0.4) is 0 Å².